The molecule has 4 rings (SSSR count). The Kier molecular flexibility index (Phi) is 7.15. The molecule has 3 heteroatoms. The molecule has 0 unspecified atom stereocenters. The summed E-state index contributed by atoms with van der Waals surface area (Å²) in [4.78, 5) is 0. The Morgan fingerprint density at radius 3 is 2.24 bits per heavy atom. The first-order valence-corrected chi connectivity index (χ1v) is 10.5. The lowest BCUT2D eigenvalue weighted by atomic mass is 9.54. The molecule has 0 spiro atoms. The third kappa shape index (κ3) is 5.42. The molecule has 3 N–H and O–H groups in total. The molecule has 0 atom stereocenters. The van der Waals surface area contributed by atoms with Gasteiger partial charge >= 0.3 is 0 Å². The van der Waals surface area contributed by atoms with E-state index in [-0.39, 0.29) is 6.61 Å². The zero-order chi connectivity index (χ0) is 17.6. The summed E-state index contributed by atoms with van der Waals surface area (Å²) in [5.74, 6) is 4.10. The van der Waals surface area contributed by atoms with Crippen molar-refractivity contribution >= 4 is 0 Å². The van der Waals surface area contributed by atoms with Gasteiger partial charge in [0, 0.05) is 25.7 Å². The Morgan fingerprint density at radius 2 is 1.60 bits per heavy atom. The molecule has 0 aromatic carbocycles. The molecule has 0 heterocycles. The summed E-state index contributed by atoms with van der Waals surface area (Å²) < 4.78 is 0. The van der Waals surface area contributed by atoms with Crippen molar-refractivity contribution in [3.63, 3.8) is 0 Å². The molecule has 0 amide bonds. The van der Waals surface area contributed by atoms with Crippen LogP contribution in [0.15, 0.2) is 23.3 Å². The fraction of sp³-hybridized carbons (Fsp3) is 0.818. The van der Waals surface area contributed by atoms with Crippen LogP contribution in [0.25, 0.3) is 0 Å². The maximum Gasteiger partial charge on any atom is 0.0639 e. The van der Waals surface area contributed by atoms with Gasteiger partial charge in [0.2, 0.25) is 0 Å². The van der Waals surface area contributed by atoms with Gasteiger partial charge in [0.1, 0.15) is 0 Å². The van der Waals surface area contributed by atoms with E-state index in [1.807, 2.05) is 6.92 Å². The minimum atomic E-state index is 0.182. The van der Waals surface area contributed by atoms with Crippen LogP contribution in [-0.2, 0) is 0 Å². The Bertz CT molecular complexity index is 454. The average molecular weight is 347 g/mol. The van der Waals surface area contributed by atoms with Gasteiger partial charge in [-0.25, -0.2) is 0 Å². The smallest absolute Gasteiger partial charge is 0.0639 e. The van der Waals surface area contributed by atoms with Gasteiger partial charge in [0.25, 0.3) is 0 Å². The van der Waals surface area contributed by atoms with E-state index in [9.17, 15) is 0 Å². The van der Waals surface area contributed by atoms with Gasteiger partial charge in [-0.3, -0.25) is 0 Å². The summed E-state index contributed by atoms with van der Waals surface area (Å²) in [5, 5.41) is 16.4. The average Bonchev–Trinajstić information content (AvgIpc) is 2.59. The summed E-state index contributed by atoms with van der Waals surface area (Å²) in [6, 6.07) is 0.813. The third-order valence-corrected chi connectivity index (χ3v) is 6.78. The molecule has 142 valence electrons. The van der Waals surface area contributed by atoms with Crippen LogP contribution >= 0.6 is 0 Å². The fourth-order valence-corrected chi connectivity index (χ4v) is 5.65. The highest BCUT2D eigenvalue weighted by molar-refractivity contribution is 5.04. The van der Waals surface area contributed by atoms with Crippen LogP contribution in [0.3, 0.4) is 0 Å². The van der Waals surface area contributed by atoms with Crippen molar-refractivity contribution in [2.45, 2.75) is 64.8 Å². The monoisotopic (exact) mass is 346 g/mol. The van der Waals surface area contributed by atoms with Crippen molar-refractivity contribution < 1.29 is 5.11 Å². The van der Waals surface area contributed by atoms with Crippen LogP contribution in [0.1, 0.15) is 58.8 Å². The first kappa shape index (κ1) is 19.1. The first-order chi connectivity index (χ1) is 12.2. The number of hydrogen-bond acceptors (Lipinski definition) is 3. The second-order valence-corrected chi connectivity index (χ2v) is 8.91. The zero-order valence-electron chi connectivity index (χ0n) is 16.3. The quantitative estimate of drug-likeness (QED) is 0.418. The van der Waals surface area contributed by atoms with E-state index < -0.39 is 0 Å². The number of aliphatic hydroxyl groups excluding tert-OH is 1. The van der Waals surface area contributed by atoms with E-state index in [1.54, 1.807) is 6.42 Å². The van der Waals surface area contributed by atoms with Gasteiger partial charge in [-0.1, -0.05) is 23.3 Å². The molecule has 4 aliphatic carbocycles. The largest absolute Gasteiger partial charge is 0.392 e. The van der Waals surface area contributed by atoms with Crippen molar-refractivity contribution in [2.75, 3.05) is 26.2 Å². The standard InChI is InChI=1S/C22H38N2O/c1-16(4-3-5-17(2)15-25)6-7-23-8-9-24-22-20-11-18-10-19(13-20)14-21(22)12-18/h5-6,18-25H,3-4,7-15H2,1-2H3/b16-6+,17-5+. The topological polar surface area (TPSA) is 44.3 Å². The molecule has 0 aliphatic heterocycles. The highest BCUT2D eigenvalue weighted by Crippen LogP contribution is 2.53. The lowest BCUT2D eigenvalue weighted by Crippen LogP contribution is -2.55. The van der Waals surface area contributed by atoms with E-state index in [0.717, 1.165) is 67.8 Å². The molecular weight excluding hydrogens is 308 g/mol. The lowest BCUT2D eigenvalue weighted by Gasteiger charge is -2.54. The predicted molar refractivity (Wildman–Crippen MR) is 106 cm³/mol. The summed E-state index contributed by atoms with van der Waals surface area (Å²) in [5.41, 5.74) is 2.50. The molecule has 25 heavy (non-hydrogen) atoms. The van der Waals surface area contributed by atoms with E-state index in [1.165, 1.54) is 31.3 Å². The van der Waals surface area contributed by atoms with Crippen molar-refractivity contribution in [3.8, 4) is 0 Å². The van der Waals surface area contributed by atoms with Gasteiger partial charge in [-0.05, 0) is 82.5 Å². The summed E-state index contributed by atoms with van der Waals surface area (Å²) >= 11 is 0. The number of rotatable bonds is 10. The number of hydrogen-bond donors (Lipinski definition) is 3. The van der Waals surface area contributed by atoms with Gasteiger partial charge in [0.15, 0.2) is 0 Å². The summed E-state index contributed by atoms with van der Waals surface area (Å²) in [6.07, 6.45) is 14.1. The molecule has 0 aromatic heterocycles. The van der Waals surface area contributed by atoms with E-state index in [0.29, 0.717) is 0 Å². The summed E-state index contributed by atoms with van der Waals surface area (Å²) in [7, 11) is 0. The number of allylic oxidation sites excluding steroid dienone is 2. The van der Waals surface area contributed by atoms with E-state index >= 15 is 0 Å². The molecule has 0 aromatic rings. The third-order valence-electron chi connectivity index (χ3n) is 6.78. The number of aliphatic hydroxyl groups is 1. The van der Waals surface area contributed by atoms with Crippen LogP contribution in [-0.4, -0.2) is 37.4 Å². The van der Waals surface area contributed by atoms with Gasteiger partial charge in [-0.2, -0.15) is 0 Å². The fourth-order valence-electron chi connectivity index (χ4n) is 5.65. The predicted octanol–water partition coefficient (Wildman–Crippen LogP) is 3.66. The molecule has 4 fully saturated rings. The lowest BCUT2D eigenvalue weighted by molar-refractivity contribution is -0.0133. The minimum Gasteiger partial charge on any atom is -0.392 e. The molecule has 3 nitrogen and oxygen atoms in total. The first-order valence-electron chi connectivity index (χ1n) is 10.5. The Labute approximate surface area is 154 Å². The maximum absolute atomic E-state index is 8.99. The van der Waals surface area contributed by atoms with Gasteiger partial charge in [0.05, 0.1) is 6.61 Å². The maximum atomic E-state index is 8.99. The van der Waals surface area contributed by atoms with Crippen molar-refractivity contribution in [2.24, 2.45) is 23.7 Å². The van der Waals surface area contributed by atoms with Crippen LogP contribution in [0.2, 0.25) is 0 Å². The molecule has 4 bridgehead atoms. The molecule has 4 aliphatic rings. The van der Waals surface area contributed by atoms with Crippen LogP contribution in [0, 0.1) is 23.7 Å². The van der Waals surface area contributed by atoms with Gasteiger partial charge < -0.3 is 15.7 Å². The highest BCUT2D eigenvalue weighted by Gasteiger charge is 2.47. The van der Waals surface area contributed by atoms with E-state index in [2.05, 4.69) is 29.7 Å². The minimum absolute atomic E-state index is 0.182. The second kappa shape index (κ2) is 9.34. The molecular formula is C22H38N2O. The number of nitrogens with one attached hydrogen (secondary N) is 2. The summed E-state index contributed by atoms with van der Waals surface area (Å²) in [6.45, 7) is 7.52. The van der Waals surface area contributed by atoms with Crippen LogP contribution in [0.5, 0.6) is 0 Å². The van der Waals surface area contributed by atoms with Gasteiger partial charge in [-0.15, -0.1) is 0 Å². The highest BCUT2D eigenvalue weighted by atomic mass is 16.3. The normalized spacial score (nSPS) is 34.8. The Morgan fingerprint density at radius 1 is 0.920 bits per heavy atom. The van der Waals surface area contributed by atoms with Crippen molar-refractivity contribution in [1.29, 1.82) is 0 Å². The molecule has 0 saturated heterocycles. The second-order valence-electron chi connectivity index (χ2n) is 8.91. The zero-order valence-corrected chi connectivity index (χ0v) is 16.3. The van der Waals surface area contributed by atoms with E-state index in [4.69, 9.17) is 5.11 Å². The van der Waals surface area contributed by atoms with Crippen LogP contribution < -0.4 is 10.6 Å². The Hall–Kier alpha value is -0.640. The Balaban J connectivity index is 1.26. The SMILES string of the molecule is C/C(=C\CC/C(C)=C/CNCCNC1C2CC3CC(C2)CC1C3)CO. The van der Waals surface area contributed by atoms with Crippen molar-refractivity contribution in [3.05, 3.63) is 23.3 Å². The molecule has 4 saturated carbocycles. The van der Waals surface area contributed by atoms with Crippen molar-refractivity contribution in [1.82, 2.24) is 10.6 Å². The molecule has 0 radical (unpaired) electrons. The van der Waals surface area contributed by atoms with Crippen LogP contribution in [0.4, 0.5) is 0 Å².